The summed E-state index contributed by atoms with van der Waals surface area (Å²) in [6.07, 6.45) is 1.79. The highest BCUT2D eigenvalue weighted by Gasteiger charge is 2.02. The molecule has 0 radical (unpaired) electrons. The highest BCUT2D eigenvalue weighted by Crippen LogP contribution is 2.08. The van der Waals surface area contributed by atoms with Crippen molar-refractivity contribution in [2.45, 2.75) is 6.92 Å². The van der Waals surface area contributed by atoms with Crippen LogP contribution in [0.3, 0.4) is 0 Å². The van der Waals surface area contributed by atoms with E-state index < -0.39 is 0 Å². The number of aromatic nitrogens is 4. The number of nitrogens with zero attached hydrogens (tertiary/aromatic N) is 4. The van der Waals surface area contributed by atoms with Crippen molar-refractivity contribution in [3.05, 3.63) is 24.0 Å². The van der Waals surface area contributed by atoms with Gasteiger partial charge in [-0.25, -0.2) is 4.68 Å². The SMILES string of the molecule is Cc1ccn(-c2cc(N)nc(N)n2)n1. The van der Waals surface area contributed by atoms with Crippen molar-refractivity contribution in [2.24, 2.45) is 0 Å². The summed E-state index contributed by atoms with van der Waals surface area (Å²) in [5.74, 6) is 1.05. The smallest absolute Gasteiger partial charge is 0.224 e. The lowest BCUT2D eigenvalue weighted by molar-refractivity contribution is 0.830. The molecular formula is C8H10N6. The molecule has 0 aromatic carbocycles. The van der Waals surface area contributed by atoms with Crippen LogP contribution in [0.4, 0.5) is 11.8 Å². The maximum absolute atomic E-state index is 5.53. The van der Waals surface area contributed by atoms with Crippen LogP contribution in [0.15, 0.2) is 18.3 Å². The predicted octanol–water partition coefficient (Wildman–Crippen LogP) is 0.135. The Morgan fingerprint density at radius 2 is 2.07 bits per heavy atom. The van der Waals surface area contributed by atoms with Gasteiger partial charge in [0.05, 0.1) is 5.69 Å². The van der Waals surface area contributed by atoms with E-state index in [4.69, 9.17) is 11.5 Å². The molecule has 0 saturated heterocycles. The van der Waals surface area contributed by atoms with Crippen LogP contribution in [0.1, 0.15) is 5.69 Å². The Kier molecular flexibility index (Phi) is 1.81. The number of aryl methyl sites for hydroxylation is 1. The third-order valence-electron chi connectivity index (χ3n) is 1.71. The van der Waals surface area contributed by atoms with E-state index >= 15 is 0 Å². The zero-order valence-electron chi connectivity index (χ0n) is 7.68. The molecule has 0 atom stereocenters. The van der Waals surface area contributed by atoms with E-state index in [1.807, 2.05) is 13.0 Å². The first kappa shape index (κ1) is 8.49. The zero-order valence-corrected chi connectivity index (χ0v) is 7.68. The Hall–Kier alpha value is -2.11. The highest BCUT2D eigenvalue weighted by molar-refractivity contribution is 5.41. The van der Waals surface area contributed by atoms with Crippen LogP contribution in [-0.2, 0) is 0 Å². The summed E-state index contributed by atoms with van der Waals surface area (Å²) >= 11 is 0. The van der Waals surface area contributed by atoms with Gasteiger partial charge in [0.25, 0.3) is 0 Å². The fraction of sp³-hybridized carbons (Fsp3) is 0.125. The predicted molar refractivity (Wildman–Crippen MR) is 52.7 cm³/mol. The van der Waals surface area contributed by atoms with E-state index in [2.05, 4.69) is 15.1 Å². The molecule has 0 amide bonds. The molecule has 0 unspecified atom stereocenters. The number of hydrogen-bond acceptors (Lipinski definition) is 5. The summed E-state index contributed by atoms with van der Waals surface area (Å²) in [6, 6.07) is 3.48. The van der Waals surface area contributed by atoms with E-state index in [1.54, 1.807) is 16.9 Å². The molecule has 6 heteroatoms. The molecule has 2 rings (SSSR count). The number of hydrogen-bond donors (Lipinski definition) is 2. The summed E-state index contributed by atoms with van der Waals surface area (Å²) < 4.78 is 1.60. The molecule has 72 valence electrons. The fourth-order valence-electron chi connectivity index (χ4n) is 1.13. The average molecular weight is 190 g/mol. The van der Waals surface area contributed by atoms with Crippen molar-refractivity contribution in [3.63, 3.8) is 0 Å². The average Bonchev–Trinajstić information content (AvgIpc) is 2.50. The van der Waals surface area contributed by atoms with Crippen molar-refractivity contribution >= 4 is 11.8 Å². The minimum absolute atomic E-state index is 0.146. The van der Waals surface area contributed by atoms with Gasteiger partial charge in [0.15, 0.2) is 5.82 Å². The van der Waals surface area contributed by atoms with E-state index in [0.717, 1.165) is 5.69 Å². The fourth-order valence-corrected chi connectivity index (χ4v) is 1.13. The Labute approximate surface area is 80.6 Å². The highest BCUT2D eigenvalue weighted by atomic mass is 15.3. The van der Waals surface area contributed by atoms with Gasteiger partial charge in [-0.15, -0.1) is 0 Å². The number of nitrogen functional groups attached to an aromatic ring is 2. The molecule has 0 fully saturated rings. The molecular weight excluding hydrogens is 180 g/mol. The van der Waals surface area contributed by atoms with E-state index in [-0.39, 0.29) is 5.95 Å². The summed E-state index contributed by atoms with van der Waals surface area (Å²) in [6.45, 7) is 1.89. The first-order valence-corrected chi connectivity index (χ1v) is 4.08. The third kappa shape index (κ3) is 1.49. The van der Waals surface area contributed by atoms with E-state index in [9.17, 15) is 0 Å². The zero-order chi connectivity index (χ0) is 10.1. The van der Waals surface area contributed by atoms with Crippen LogP contribution in [0, 0.1) is 6.92 Å². The molecule has 0 bridgehead atoms. The standard InChI is InChI=1S/C8H10N6/c1-5-2-3-14(13-5)7-4-6(9)11-8(10)12-7/h2-4H,1H3,(H4,9,10,11,12). The summed E-state index contributed by atoms with van der Waals surface area (Å²) in [5.41, 5.74) is 11.9. The Morgan fingerprint density at radius 3 is 2.64 bits per heavy atom. The Bertz CT molecular complexity index is 440. The van der Waals surface area contributed by atoms with Crippen LogP contribution < -0.4 is 11.5 Å². The molecule has 6 nitrogen and oxygen atoms in total. The third-order valence-corrected chi connectivity index (χ3v) is 1.71. The quantitative estimate of drug-likeness (QED) is 0.666. The van der Waals surface area contributed by atoms with Gasteiger partial charge in [-0.1, -0.05) is 0 Å². The number of anilines is 2. The lowest BCUT2D eigenvalue weighted by atomic mass is 10.5. The monoisotopic (exact) mass is 190 g/mol. The molecule has 2 heterocycles. The summed E-state index contributed by atoms with van der Waals surface area (Å²) in [5, 5.41) is 4.18. The molecule has 0 aliphatic carbocycles. The second-order valence-electron chi connectivity index (χ2n) is 2.91. The van der Waals surface area contributed by atoms with Gasteiger partial charge < -0.3 is 11.5 Å². The normalized spacial score (nSPS) is 10.4. The van der Waals surface area contributed by atoms with Gasteiger partial charge in [-0.2, -0.15) is 15.1 Å². The Morgan fingerprint density at radius 1 is 1.29 bits per heavy atom. The van der Waals surface area contributed by atoms with Crippen LogP contribution in [0.2, 0.25) is 0 Å². The molecule has 0 saturated carbocycles. The first-order valence-electron chi connectivity index (χ1n) is 4.08. The molecule has 4 N–H and O–H groups in total. The molecule has 2 aromatic rings. The lowest BCUT2D eigenvalue weighted by Crippen LogP contribution is -2.05. The largest absolute Gasteiger partial charge is 0.383 e. The lowest BCUT2D eigenvalue weighted by Gasteiger charge is -2.01. The van der Waals surface area contributed by atoms with Crippen molar-refractivity contribution in [2.75, 3.05) is 11.5 Å². The molecule has 2 aromatic heterocycles. The van der Waals surface area contributed by atoms with Gasteiger partial charge in [0, 0.05) is 12.3 Å². The van der Waals surface area contributed by atoms with Crippen LogP contribution in [0.5, 0.6) is 0 Å². The number of rotatable bonds is 1. The minimum atomic E-state index is 0.146. The van der Waals surface area contributed by atoms with Gasteiger partial charge in [-0.05, 0) is 13.0 Å². The van der Waals surface area contributed by atoms with Gasteiger partial charge >= 0.3 is 0 Å². The van der Waals surface area contributed by atoms with E-state index in [1.165, 1.54) is 0 Å². The molecule has 0 spiro atoms. The van der Waals surface area contributed by atoms with Gasteiger partial charge in [0.2, 0.25) is 5.95 Å². The van der Waals surface area contributed by atoms with E-state index in [0.29, 0.717) is 11.6 Å². The topological polar surface area (TPSA) is 95.6 Å². The maximum Gasteiger partial charge on any atom is 0.224 e. The Balaban J connectivity index is 2.51. The summed E-state index contributed by atoms with van der Waals surface area (Å²) in [7, 11) is 0. The van der Waals surface area contributed by atoms with Gasteiger partial charge in [-0.3, -0.25) is 0 Å². The van der Waals surface area contributed by atoms with Crippen molar-refractivity contribution in [1.82, 2.24) is 19.7 Å². The first-order chi connectivity index (χ1) is 6.65. The van der Waals surface area contributed by atoms with Crippen LogP contribution in [-0.4, -0.2) is 19.7 Å². The van der Waals surface area contributed by atoms with Crippen molar-refractivity contribution in [1.29, 1.82) is 0 Å². The van der Waals surface area contributed by atoms with Crippen LogP contribution >= 0.6 is 0 Å². The van der Waals surface area contributed by atoms with Crippen LogP contribution in [0.25, 0.3) is 5.82 Å². The second-order valence-corrected chi connectivity index (χ2v) is 2.91. The molecule has 0 aliphatic heterocycles. The second kappa shape index (κ2) is 2.99. The number of nitrogens with two attached hydrogens (primary N) is 2. The summed E-state index contributed by atoms with van der Waals surface area (Å²) in [4.78, 5) is 7.77. The van der Waals surface area contributed by atoms with Crippen molar-refractivity contribution < 1.29 is 0 Å². The molecule has 14 heavy (non-hydrogen) atoms. The minimum Gasteiger partial charge on any atom is -0.383 e. The maximum atomic E-state index is 5.53. The van der Waals surface area contributed by atoms with Gasteiger partial charge in [0.1, 0.15) is 5.82 Å². The molecule has 0 aliphatic rings. The van der Waals surface area contributed by atoms with Crippen molar-refractivity contribution in [3.8, 4) is 5.82 Å².